The molecule has 0 heterocycles. The average molecular weight is 270 g/mol. The average Bonchev–Trinajstić information content (AvgIpc) is 2.24. The summed E-state index contributed by atoms with van der Waals surface area (Å²) in [6.07, 6.45) is 2.01. The van der Waals surface area contributed by atoms with E-state index in [9.17, 15) is 8.42 Å². The monoisotopic (exact) mass is 270 g/mol. The van der Waals surface area contributed by atoms with E-state index in [0.29, 0.717) is 26.4 Å². The molecule has 0 atom stereocenters. The van der Waals surface area contributed by atoms with Crippen LogP contribution in [0.15, 0.2) is 0 Å². The second-order valence-corrected chi connectivity index (χ2v) is 5.01. The van der Waals surface area contributed by atoms with E-state index in [1.165, 1.54) is 0 Å². The number of hydrogen-bond acceptors (Lipinski definition) is 6. The van der Waals surface area contributed by atoms with Crippen molar-refractivity contribution in [3.05, 3.63) is 0 Å². The number of hydrogen-bond donors (Lipinski definition) is 0. The summed E-state index contributed by atoms with van der Waals surface area (Å²) in [5.74, 6) is 0. The summed E-state index contributed by atoms with van der Waals surface area (Å²) in [6, 6.07) is 0. The first-order valence-electron chi connectivity index (χ1n) is 5.64. The van der Waals surface area contributed by atoms with Crippen molar-refractivity contribution in [2.75, 3.05) is 52.5 Å². The van der Waals surface area contributed by atoms with Gasteiger partial charge in [0.1, 0.15) is 0 Å². The number of ether oxygens (including phenoxy) is 3. The molecule has 0 bridgehead atoms. The highest BCUT2D eigenvalue weighted by molar-refractivity contribution is 7.85. The largest absolute Gasteiger partial charge is 0.379 e. The molecule has 6 nitrogen and oxygen atoms in total. The van der Waals surface area contributed by atoms with Gasteiger partial charge in [-0.05, 0) is 6.42 Å². The highest BCUT2D eigenvalue weighted by Crippen LogP contribution is 1.87. The maximum Gasteiger partial charge on any atom is 0.264 e. The van der Waals surface area contributed by atoms with Crippen molar-refractivity contribution >= 4 is 10.1 Å². The van der Waals surface area contributed by atoms with Gasteiger partial charge in [0.05, 0.1) is 45.9 Å². The summed E-state index contributed by atoms with van der Waals surface area (Å²) < 4.78 is 41.2. The predicted octanol–water partition coefficient (Wildman–Crippen LogP) is 0.422. The molecule has 7 heteroatoms. The molecule has 0 aliphatic rings. The maximum absolute atomic E-state index is 10.6. The molecule has 0 unspecified atom stereocenters. The Morgan fingerprint density at radius 3 is 1.59 bits per heavy atom. The van der Waals surface area contributed by atoms with E-state index in [-0.39, 0.29) is 13.2 Å². The Morgan fingerprint density at radius 1 is 0.765 bits per heavy atom. The molecule has 0 N–H and O–H groups in total. The Morgan fingerprint density at radius 2 is 1.18 bits per heavy atom. The lowest BCUT2D eigenvalue weighted by atomic mass is 10.5. The van der Waals surface area contributed by atoms with Gasteiger partial charge in [0.25, 0.3) is 10.1 Å². The molecule has 0 radical (unpaired) electrons. The van der Waals surface area contributed by atoms with Crippen LogP contribution < -0.4 is 0 Å². The first-order chi connectivity index (χ1) is 8.06. The Kier molecular flexibility index (Phi) is 10.8. The van der Waals surface area contributed by atoms with E-state index in [1.54, 1.807) is 0 Å². The minimum atomic E-state index is -3.36. The molecule has 0 saturated heterocycles. The van der Waals surface area contributed by atoms with E-state index < -0.39 is 10.1 Å². The molecule has 0 aromatic heterocycles. The smallest absolute Gasteiger partial charge is 0.264 e. The lowest BCUT2D eigenvalue weighted by Crippen LogP contribution is -2.13. The standard InChI is InChI=1S/C10H22O6S/c1-3-4-13-5-6-14-7-8-15-9-10-16-17(2,11)12/h3-10H2,1-2H3. The lowest BCUT2D eigenvalue weighted by Gasteiger charge is -2.06. The zero-order chi connectivity index (χ0) is 13.0. The normalized spacial score (nSPS) is 11.9. The van der Waals surface area contributed by atoms with Crippen molar-refractivity contribution in [1.29, 1.82) is 0 Å². The first-order valence-corrected chi connectivity index (χ1v) is 7.45. The van der Waals surface area contributed by atoms with Crippen molar-refractivity contribution in [3.8, 4) is 0 Å². The number of rotatable bonds is 12. The SMILES string of the molecule is CCCOCCOCCOCCOS(C)(=O)=O. The zero-order valence-corrected chi connectivity index (χ0v) is 11.3. The van der Waals surface area contributed by atoms with Gasteiger partial charge in [-0.3, -0.25) is 4.18 Å². The molecule has 0 amide bonds. The van der Waals surface area contributed by atoms with Crippen molar-refractivity contribution in [1.82, 2.24) is 0 Å². The first kappa shape index (κ1) is 16.8. The van der Waals surface area contributed by atoms with Crippen LogP contribution >= 0.6 is 0 Å². The molecule has 104 valence electrons. The molecule has 0 aliphatic carbocycles. The van der Waals surface area contributed by atoms with Crippen LogP contribution in [0.1, 0.15) is 13.3 Å². The van der Waals surface area contributed by atoms with E-state index >= 15 is 0 Å². The van der Waals surface area contributed by atoms with Crippen molar-refractivity contribution < 1.29 is 26.8 Å². The molecular formula is C10H22O6S. The molecule has 0 spiro atoms. The van der Waals surface area contributed by atoms with Crippen LogP contribution in [-0.4, -0.2) is 60.9 Å². The Hall–Kier alpha value is -0.210. The summed E-state index contributed by atoms with van der Waals surface area (Å²) in [4.78, 5) is 0. The van der Waals surface area contributed by atoms with Gasteiger partial charge in [-0.2, -0.15) is 8.42 Å². The maximum atomic E-state index is 10.6. The molecule has 0 fully saturated rings. The highest BCUT2D eigenvalue weighted by Gasteiger charge is 2.00. The van der Waals surface area contributed by atoms with Crippen LogP contribution in [0.3, 0.4) is 0 Å². The molecule has 0 aliphatic heterocycles. The van der Waals surface area contributed by atoms with Gasteiger partial charge in [0.15, 0.2) is 0 Å². The summed E-state index contributed by atoms with van der Waals surface area (Å²) >= 11 is 0. The highest BCUT2D eigenvalue weighted by atomic mass is 32.2. The molecule has 17 heavy (non-hydrogen) atoms. The fourth-order valence-electron chi connectivity index (χ4n) is 0.931. The van der Waals surface area contributed by atoms with E-state index in [0.717, 1.165) is 19.3 Å². The van der Waals surface area contributed by atoms with Gasteiger partial charge in [0.2, 0.25) is 0 Å². The van der Waals surface area contributed by atoms with Gasteiger partial charge < -0.3 is 14.2 Å². The van der Waals surface area contributed by atoms with E-state index in [1.807, 2.05) is 6.92 Å². The topological polar surface area (TPSA) is 71.1 Å². The molecule has 0 saturated carbocycles. The summed E-state index contributed by atoms with van der Waals surface area (Å²) in [5.41, 5.74) is 0. The van der Waals surface area contributed by atoms with Gasteiger partial charge in [-0.15, -0.1) is 0 Å². The molecule has 0 aromatic carbocycles. The summed E-state index contributed by atoms with van der Waals surface area (Å²) in [6.45, 7) is 5.10. The van der Waals surface area contributed by atoms with Crippen molar-refractivity contribution in [2.45, 2.75) is 13.3 Å². The van der Waals surface area contributed by atoms with Crippen LogP contribution in [0, 0.1) is 0 Å². The second-order valence-electron chi connectivity index (χ2n) is 3.36. The van der Waals surface area contributed by atoms with Gasteiger partial charge in [-0.25, -0.2) is 0 Å². The third kappa shape index (κ3) is 15.8. The van der Waals surface area contributed by atoms with Gasteiger partial charge in [0, 0.05) is 6.61 Å². The predicted molar refractivity (Wildman–Crippen MR) is 63.5 cm³/mol. The van der Waals surface area contributed by atoms with Crippen LogP contribution in [0.25, 0.3) is 0 Å². The van der Waals surface area contributed by atoms with E-state index in [4.69, 9.17) is 14.2 Å². The van der Waals surface area contributed by atoms with Crippen LogP contribution in [-0.2, 0) is 28.5 Å². The fourth-order valence-corrected chi connectivity index (χ4v) is 1.30. The zero-order valence-electron chi connectivity index (χ0n) is 10.5. The van der Waals surface area contributed by atoms with Crippen LogP contribution in [0.5, 0.6) is 0 Å². The third-order valence-corrected chi connectivity index (χ3v) is 2.21. The second kappa shape index (κ2) is 10.9. The van der Waals surface area contributed by atoms with Crippen molar-refractivity contribution in [3.63, 3.8) is 0 Å². The Labute approximate surface area is 103 Å². The molecule has 0 aromatic rings. The molecule has 0 rings (SSSR count). The Balaban J connectivity index is 3.04. The third-order valence-electron chi connectivity index (χ3n) is 1.62. The lowest BCUT2D eigenvalue weighted by molar-refractivity contribution is 0.00984. The molecular weight excluding hydrogens is 248 g/mol. The fraction of sp³-hybridized carbons (Fsp3) is 1.00. The van der Waals surface area contributed by atoms with Crippen LogP contribution in [0.2, 0.25) is 0 Å². The minimum absolute atomic E-state index is 0.0401. The quantitative estimate of drug-likeness (QED) is 0.378. The summed E-state index contributed by atoms with van der Waals surface area (Å²) in [5, 5.41) is 0. The van der Waals surface area contributed by atoms with E-state index in [2.05, 4.69) is 4.18 Å². The van der Waals surface area contributed by atoms with Gasteiger partial charge >= 0.3 is 0 Å². The van der Waals surface area contributed by atoms with Crippen LogP contribution in [0.4, 0.5) is 0 Å². The van der Waals surface area contributed by atoms with Crippen molar-refractivity contribution in [2.24, 2.45) is 0 Å². The Bertz CT molecular complexity index is 252. The van der Waals surface area contributed by atoms with Gasteiger partial charge in [-0.1, -0.05) is 6.92 Å². The summed E-state index contributed by atoms with van der Waals surface area (Å²) in [7, 11) is -3.36. The minimum Gasteiger partial charge on any atom is -0.379 e.